The molecular formula is C16H17N3O2. The molecule has 1 unspecified atom stereocenters. The second-order valence-corrected chi connectivity index (χ2v) is 4.72. The van der Waals surface area contributed by atoms with Gasteiger partial charge in [-0.05, 0) is 30.2 Å². The van der Waals surface area contributed by atoms with E-state index in [2.05, 4.69) is 5.32 Å². The molecule has 0 spiro atoms. The van der Waals surface area contributed by atoms with E-state index in [9.17, 15) is 9.59 Å². The molecule has 2 rings (SSSR count). The van der Waals surface area contributed by atoms with Crippen molar-refractivity contribution in [2.45, 2.75) is 13.0 Å². The first-order valence-electron chi connectivity index (χ1n) is 6.51. The molecule has 2 aromatic rings. The lowest BCUT2D eigenvalue weighted by molar-refractivity contribution is -0.117. The number of primary amides is 1. The molecule has 0 aliphatic rings. The summed E-state index contributed by atoms with van der Waals surface area (Å²) in [5.41, 5.74) is 13.5. The first-order chi connectivity index (χ1) is 10.0. The van der Waals surface area contributed by atoms with Crippen LogP contribution in [0.4, 0.5) is 5.69 Å². The molecule has 2 amide bonds. The van der Waals surface area contributed by atoms with Crippen molar-refractivity contribution in [3.05, 3.63) is 65.2 Å². The average molecular weight is 283 g/mol. The number of anilines is 1. The van der Waals surface area contributed by atoms with Crippen LogP contribution in [0.1, 0.15) is 27.5 Å². The maximum absolute atomic E-state index is 12.2. The molecule has 0 radical (unpaired) electrons. The van der Waals surface area contributed by atoms with Crippen molar-refractivity contribution < 1.29 is 9.59 Å². The Labute approximate surface area is 123 Å². The Morgan fingerprint density at radius 1 is 1.05 bits per heavy atom. The minimum Gasteiger partial charge on any atom is -0.366 e. The van der Waals surface area contributed by atoms with Crippen LogP contribution in [-0.4, -0.2) is 11.8 Å². The third-order valence-electron chi connectivity index (χ3n) is 3.30. The number of nitrogens with one attached hydrogen (secondary N) is 1. The van der Waals surface area contributed by atoms with E-state index in [1.807, 2.05) is 18.2 Å². The molecule has 0 saturated heterocycles. The summed E-state index contributed by atoms with van der Waals surface area (Å²) < 4.78 is 0. The van der Waals surface area contributed by atoms with Gasteiger partial charge in [0.25, 0.3) is 0 Å². The lowest BCUT2D eigenvalue weighted by Crippen LogP contribution is -2.28. The van der Waals surface area contributed by atoms with Gasteiger partial charge >= 0.3 is 0 Å². The lowest BCUT2D eigenvalue weighted by atomic mass is 10.0. The van der Waals surface area contributed by atoms with Crippen LogP contribution in [0.5, 0.6) is 0 Å². The summed E-state index contributed by atoms with van der Waals surface area (Å²) in [5, 5.41) is 2.73. The predicted octanol–water partition coefficient (Wildman–Crippen LogP) is 1.73. The van der Waals surface area contributed by atoms with Gasteiger partial charge in [0.05, 0.1) is 0 Å². The Hall–Kier alpha value is -2.66. The summed E-state index contributed by atoms with van der Waals surface area (Å²) in [4.78, 5) is 23.5. The number of hydrogen-bond acceptors (Lipinski definition) is 3. The number of hydrogen-bond donors (Lipinski definition) is 3. The molecule has 2 aromatic carbocycles. The van der Waals surface area contributed by atoms with Crippen molar-refractivity contribution in [1.82, 2.24) is 0 Å². The standard InChI is InChI=1S/C16H17N3O2/c1-10-12(15(18)20)8-5-9-13(10)19-16(21)14(17)11-6-3-2-4-7-11/h2-9,14H,17H2,1H3,(H2,18,20)(H,19,21). The summed E-state index contributed by atoms with van der Waals surface area (Å²) >= 11 is 0. The van der Waals surface area contributed by atoms with Gasteiger partial charge in [0.2, 0.25) is 11.8 Å². The van der Waals surface area contributed by atoms with Crippen molar-refractivity contribution in [3.63, 3.8) is 0 Å². The zero-order valence-electron chi connectivity index (χ0n) is 11.7. The third-order valence-corrected chi connectivity index (χ3v) is 3.30. The molecule has 108 valence electrons. The molecular weight excluding hydrogens is 266 g/mol. The van der Waals surface area contributed by atoms with Crippen LogP contribution >= 0.6 is 0 Å². The second kappa shape index (κ2) is 6.19. The van der Waals surface area contributed by atoms with Crippen molar-refractivity contribution >= 4 is 17.5 Å². The van der Waals surface area contributed by atoms with Gasteiger partial charge in [0.15, 0.2) is 0 Å². The van der Waals surface area contributed by atoms with E-state index in [0.717, 1.165) is 5.56 Å². The summed E-state index contributed by atoms with van der Waals surface area (Å²) in [7, 11) is 0. The van der Waals surface area contributed by atoms with E-state index >= 15 is 0 Å². The Bertz CT molecular complexity index is 668. The van der Waals surface area contributed by atoms with Crippen LogP contribution in [0.25, 0.3) is 0 Å². The van der Waals surface area contributed by atoms with E-state index in [1.165, 1.54) is 0 Å². The molecule has 5 N–H and O–H groups in total. The van der Waals surface area contributed by atoms with Crippen molar-refractivity contribution in [2.75, 3.05) is 5.32 Å². The first-order valence-corrected chi connectivity index (χ1v) is 6.51. The van der Waals surface area contributed by atoms with E-state index in [0.29, 0.717) is 16.8 Å². The summed E-state index contributed by atoms with van der Waals surface area (Å²) in [6, 6.07) is 13.3. The molecule has 5 heteroatoms. The molecule has 1 atom stereocenters. The highest BCUT2D eigenvalue weighted by atomic mass is 16.2. The van der Waals surface area contributed by atoms with Gasteiger partial charge in [0, 0.05) is 11.3 Å². The Morgan fingerprint density at radius 2 is 1.71 bits per heavy atom. The molecule has 5 nitrogen and oxygen atoms in total. The van der Waals surface area contributed by atoms with Crippen LogP contribution in [0.15, 0.2) is 48.5 Å². The van der Waals surface area contributed by atoms with E-state index in [1.54, 1.807) is 37.3 Å². The summed E-state index contributed by atoms with van der Waals surface area (Å²) in [5.74, 6) is -0.873. The van der Waals surface area contributed by atoms with Crippen LogP contribution in [0.2, 0.25) is 0 Å². The quantitative estimate of drug-likeness (QED) is 0.797. The van der Waals surface area contributed by atoms with Crippen LogP contribution < -0.4 is 16.8 Å². The topological polar surface area (TPSA) is 98.2 Å². The fourth-order valence-corrected chi connectivity index (χ4v) is 2.06. The molecule has 0 aromatic heterocycles. The van der Waals surface area contributed by atoms with E-state index in [-0.39, 0.29) is 5.91 Å². The molecule has 0 aliphatic heterocycles. The van der Waals surface area contributed by atoms with Crippen LogP contribution in [-0.2, 0) is 4.79 Å². The van der Waals surface area contributed by atoms with Crippen LogP contribution in [0, 0.1) is 6.92 Å². The minimum atomic E-state index is -0.775. The van der Waals surface area contributed by atoms with Gasteiger partial charge in [0.1, 0.15) is 6.04 Å². The van der Waals surface area contributed by atoms with E-state index in [4.69, 9.17) is 11.5 Å². The van der Waals surface area contributed by atoms with Crippen LogP contribution in [0.3, 0.4) is 0 Å². The normalized spacial score (nSPS) is 11.7. The molecule has 0 fully saturated rings. The Kier molecular flexibility index (Phi) is 4.35. The average Bonchev–Trinajstić information content (AvgIpc) is 2.49. The lowest BCUT2D eigenvalue weighted by Gasteiger charge is -2.15. The molecule has 0 aliphatic carbocycles. The zero-order valence-corrected chi connectivity index (χ0v) is 11.7. The van der Waals surface area contributed by atoms with Gasteiger partial charge in [-0.25, -0.2) is 0 Å². The van der Waals surface area contributed by atoms with Gasteiger partial charge in [-0.2, -0.15) is 0 Å². The molecule has 21 heavy (non-hydrogen) atoms. The Morgan fingerprint density at radius 3 is 2.33 bits per heavy atom. The van der Waals surface area contributed by atoms with Gasteiger partial charge in [-0.15, -0.1) is 0 Å². The number of carbonyl (C=O) groups excluding carboxylic acids is 2. The number of nitrogens with two attached hydrogens (primary N) is 2. The van der Waals surface area contributed by atoms with Crippen molar-refractivity contribution in [2.24, 2.45) is 11.5 Å². The number of amides is 2. The highest BCUT2D eigenvalue weighted by molar-refractivity contribution is 6.00. The SMILES string of the molecule is Cc1c(NC(=O)C(N)c2ccccc2)cccc1C(N)=O. The van der Waals surface area contributed by atoms with Crippen molar-refractivity contribution in [3.8, 4) is 0 Å². The Balaban J connectivity index is 2.21. The number of benzene rings is 2. The van der Waals surface area contributed by atoms with Gasteiger partial charge < -0.3 is 16.8 Å². The molecule has 0 bridgehead atoms. The summed E-state index contributed by atoms with van der Waals surface area (Å²) in [6.07, 6.45) is 0. The monoisotopic (exact) mass is 283 g/mol. The summed E-state index contributed by atoms with van der Waals surface area (Å²) in [6.45, 7) is 1.73. The first kappa shape index (κ1) is 14.7. The number of carbonyl (C=O) groups is 2. The molecule has 0 saturated carbocycles. The highest BCUT2D eigenvalue weighted by Crippen LogP contribution is 2.20. The highest BCUT2D eigenvalue weighted by Gasteiger charge is 2.17. The van der Waals surface area contributed by atoms with Gasteiger partial charge in [-0.3, -0.25) is 9.59 Å². The largest absolute Gasteiger partial charge is 0.366 e. The predicted molar refractivity (Wildman–Crippen MR) is 81.7 cm³/mol. The van der Waals surface area contributed by atoms with Gasteiger partial charge in [-0.1, -0.05) is 36.4 Å². The third kappa shape index (κ3) is 3.27. The fourth-order valence-electron chi connectivity index (χ4n) is 2.06. The van der Waals surface area contributed by atoms with E-state index < -0.39 is 11.9 Å². The fraction of sp³-hybridized carbons (Fsp3) is 0.125. The number of rotatable bonds is 4. The van der Waals surface area contributed by atoms with Crippen molar-refractivity contribution in [1.29, 1.82) is 0 Å². The maximum atomic E-state index is 12.2. The minimum absolute atomic E-state index is 0.342. The molecule has 0 heterocycles. The maximum Gasteiger partial charge on any atom is 0.249 e. The second-order valence-electron chi connectivity index (χ2n) is 4.72. The zero-order chi connectivity index (χ0) is 15.4. The smallest absolute Gasteiger partial charge is 0.249 e.